The number of rotatable bonds is 61. The van der Waals surface area contributed by atoms with Crippen LogP contribution in [0.1, 0.15) is 418 Å². The number of carbonyl (C=O) groups excluding carboxylic acids is 2. The Morgan fingerprint density at radius 1 is 0.324 bits per heavy atom. The predicted octanol–water partition coefficient (Wildman–Crippen LogP) is 26.7. The maximum Gasteiger partial charge on any atom is 2.00 e. The van der Waals surface area contributed by atoms with Crippen LogP contribution in [0.4, 0.5) is 11.4 Å². The van der Waals surface area contributed by atoms with Crippen LogP contribution < -0.4 is 10.2 Å². The quantitative estimate of drug-likeness (QED) is 0.0111. The van der Waals surface area contributed by atoms with E-state index in [1.54, 1.807) is 0 Å². The summed E-state index contributed by atoms with van der Waals surface area (Å²) in [5, 5.41) is 59.8. The molecule has 4 rings (SSSR count). The van der Waals surface area contributed by atoms with Crippen LogP contribution in [0, 0.1) is 0 Å². The van der Waals surface area contributed by atoms with Crippen molar-refractivity contribution in [3.63, 3.8) is 0 Å². The summed E-state index contributed by atoms with van der Waals surface area (Å²) in [7, 11) is 0. The first-order valence-corrected chi connectivity index (χ1v) is 42.9. The molecular formula is C94H150N2NiO8. The van der Waals surface area contributed by atoms with Gasteiger partial charge in [-0.25, -0.2) is 0 Å². The number of carboxylic acid groups (broad SMARTS) is 2. The monoisotopic (exact) mass is 1490 g/mol. The predicted molar refractivity (Wildman–Crippen MR) is 443 cm³/mol. The average Bonchev–Trinajstić information content (AvgIpc) is 0.803. The van der Waals surface area contributed by atoms with Gasteiger partial charge in [-0.2, -0.15) is 0 Å². The largest absolute Gasteiger partial charge is 2.00 e. The van der Waals surface area contributed by atoms with Crippen molar-refractivity contribution >= 4 is 34.7 Å². The van der Waals surface area contributed by atoms with E-state index >= 15 is 0 Å². The van der Waals surface area contributed by atoms with E-state index in [1.807, 2.05) is 27.7 Å². The second-order valence-corrected chi connectivity index (χ2v) is 29.5. The zero-order valence-corrected chi connectivity index (χ0v) is 68.9. The topological polar surface area (TPSA) is 186 Å². The number of phenolic OH excluding ortho intramolecular Hbond substituents is 2. The van der Waals surface area contributed by atoms with Gasteiger partial charge in [-0.15, -0.1) is 0 Å². The molecule has 0 amide bonds. The van der Waals surface area contributed by atoms with E-state index in [9.17, 15) is 40.2 Å². The van der Waals surface area contributed by atoms with E-state index in [1.165, 1.54) is 279 Å². The van der Waals surface area contributed by atoms with Crippen LogP contribution >= 0.6 is 0 Å². The molecule has 0 aliphatic carbocycles. The van der Waals surface area contributed by atoms with Crippen molar-refractivity contribution < 1.29 is 56.7 Å². The van der Waals surface area contributed by atoms with Gasteiger partial charge < -0.3 is 40.2 Å². The van der Waals surface area contributed by atoms with Crippen LogP contribution in [0.5, 0.6) is 23.0 Å². The van der Waals surface area contributed by atoms with Gasteiger partial charge in [0.1, 0.15) is 0 Å². The van der Waals surface area contributed by atoms with Gasteiger partial charge in [0.25, 0.3) is 0 Å². The summed E-state index contributed by atoms with van der Waals surface area (Å²) >= 11 is 0. The van der Waals surface area contributed by atoms with E-state index in [4.69, 9.17) is 9.98 Å². The van der Waals surface area contributed by atoms with Crippen LogP contribution in [-0.2, 0) is 55.0 Å². The fourth-order valence-corrected chi connectivity index (χ4v) is 14.1. The third-order valence-corrected chi connectivity index (χ3v) is 20.4. The summed E-state index contributed by atoms with van der Waals surface area (Å²) in [5.74, 6) is -4.91. The number of aliphatic imine (C=N–C) groups is 2. The maximum absolute atomic E-state index is 11.0. The fraction of sp³-hybridized carbons (Fsp3) is 0.660. The number of carboxylic acids is 2. The van der Waals surface area contributed by atoms with Crippen LogP contribution in [0.2, 0.25) is 0 Å². The Kier molecular flexibility index (Phi) is 61.7. The van der Waals surface area contributed by atoms with Gasteiger partial charge in [-0.05, 0) is 173 Å². The van der Waals surface area contributed by atoms with Gasteiger partial charge in [0.2, 0.25) is 0 Å². The number of hydrogen-bond acceptors (Lipinski definition) is 10. The van der Waals surface area contributed by atoms with Crippen molar-refractivity contribution in [3.8, 4) is 23.0 Å². The first-order chi connectivity index (χ1) is 50.8. The van der Waals surface area contributed by atoms with E-state index < -0.39 is 34.9 Å². The molecule has 0 aliphatic rings. The molecule has 0 spiro atoms. The van der Waals surface area contributed by atoms with Crippen molar-refractivity contribution in [2.45, 2.75) is 402 Å². The summed E-state index contributed by atoms with van der Waals surface area (Å²) < 4.78 is 0. The zero-order chi connectivity index (χ0) is 75.9. The minimum Gasteiger partial charge on any atom is -0.545 e. The molecule has 0 unspecified atom stereocenters. The molecule has 4 aromatic carbocycles. The number of hydrogen-bond donors (Lipinski definition) is 4. The first kappa shape index (κ1) is 97.3. The Balaban J connectivity index is 0.00000135. The second-order valence-electron chi connectivity index (χ2n) is 29.5. The molecule has 0 radical (unpaired) electrons. The summed E-state index contributed by atoms with van der Waals surface area (Å²) in [6, 6.07) is 20.7. The SMILES string of the molecule is CCCCCCCCCCCCCCCCCCCC=CCCCc1ccccc1N=C(CCCC)C(CCCC)=Nc1ccccc1CCCC=CCCCCCCCCCCCCCCCCCCC.CCCc1c(CC)cc(O)c(O)c1C(=O)[O-].CCCc1c(CC)cc(O)c(O)c1C(=O)[O-].[Ni+2]. The molecule has 4 N–H and O–H groups in total. The molecule has 0 saturated carbocycles. The molecule has 10 nitrogen and oxygen atoms in total. The molecule has 105 heavy (non-hydrogen) atoms. The van der Waals surface area contributed by atoms with Crippen molar-refractivity contribution in [2.24, 2.45) is 9.98 Å². The molecule has 11 heteroatoms. The van der Waals surface area contributed by atoms with Gasteiger partial charge in [-0.1, -0.05) is 347 Å². The Morgan fingerprint density at radius 3 is 0.838 bits per heavy atom. The number of phenols is 4. The second kappa shape index (κ2) is 66.5. The molecule has 0 heterocycles. The first-order valence-electron chi connectivity index (χ1n) is 42.9. The van der Waals surface area contributed by atoms with Gasteiger partial charge in [0.05, 0.1) is 34.7 Å². The standard InChI is InChI=1S/C70H120N2.2C12H16O4.Ni/c1-5-9-13-15-17-19-21-23-25-27-29-31-33-35-37-39-41-43-45-47-49-51-57-65-59-53-55-63-67(65)71-69(61-11-7-3)70(62-12-8-4)72-68-64-56-54-60-66(68)58-52-50-48-46-44-42-40-38-36-34-32-30-28-26-24-22-20-18-16-14-10-6-2;2*1-3-5-8-7(4-2)6-9(13)11(14)10(8)12(15)16;/h45-48,53-56,59-60,63-64H,5-44,49-52,57-58,61-62H2,1-4H3;2*6,13-14H,3-5H2,1-2H3,(H,15,16);/q;;;+2/p-2. The normalized spacial score (nSPS) is 11.7. The third kappa shape index (κ3) is 45.0. The number of allylic oxidation sites excluding steroid dienone is 4. The van der Waals surface area contributed by atoms with Crippen LogP contribution in [-0.4, -0.2) is 43.8 Å². The van der Waals surface area contributed by atoms with E-state index in [0.717, 1.165) is 99.6 Å². The van der Waals surface area contributed by atoms with Crippen molar-refractivity contribution in [3.05, 3.63) is 129 Å². The summed E-state index contributed by atoms with van der Waals surface area (Å²) in [6.45, 7) is 16.8. The maximum atomic E-state index is 11.0. The van der Waals surface area contributed by atoms with Crippen molar-refractivity contribution in [1.82, 2.24) is 0 Å². The summed E-state index contributed by atoms with van der Waals surface area (Å²) in [4.78, 5) is 32.9. The Labute approximate surface area is 652 Å². The van der Waals surface area contributed by atoms with E-state index in [0.29, 0.717) is 36.8 Å². The number of unbranched alkanes of at least 4 members (excludes halogenated alkanes) is 38. The summed E-state index contributed by atoms with van der Waals surface area (Å²) in [5.41, 5.74) is 9.47. The molecule has 0 aliphatic heterocycles. The molecule has 0 aromatic heterocycles. The molecule has 0 atom stereocenters. The Morgan fingerprint density at radius 2 is 0.581 bits per heavy atom. The van der Waals surface area contributed by atoms with Crippen LogP contribution in [0.3, 0.4) is 0 Å². The zero-order valence-electron chi connectivity index (χ0n) is 67.9. The number of para-hydroxylation sites is 2. The third-order valence-electron chi connectivity index (χ3n) is 20.4. The van der Waals surface area contributed by atoms with Crippen molar-refractivity contribution in [2.75, 3.05) is 0 Å². The van der Waals surface area contributed by atoms with Gasteiger partial charge in [0.15, 0.2) is 23.0 Å². The Hall–Kier alpha value is -5.67. The Bertz CT molecular complexity index is 2770. The molecular weight excluding hydrogens is 1340 g/mol. The number of nitrogens with zero attached hydrogens (tertiary/aromatic N) is 2. The van der Waals surface area contributed by atoms with E-state index in [-0.39, 0.29) is 27.6 Å². The van der Waals surface area contributed by atoms with Crippen molar-refractivity contribution in [1.29, 1.82) is 0 Å². The molecule has 0 bridgehead atoms. The van der Waals surface area contributed by atoms with Gasteiger partial charge >= 0.3 is 16.5 Å². The molecule has 0 saturated heterocycles. The molecule has 4 aromatic rings. The van der Waals surface area contributed by atoms with Gasteiger partial charge in [0, 0.05) is 11.1 Å². The fourth-order valence-electron chi connectivity index (χ4n) is 14.1. The average molecular weight is 1490 g/mol. The number of benzene rings is 4. The molecule has 594 valence electrons. The molecule has 0 fully saturated rings. The minimum atomic E-state index is -1.45. The van der Waals surface area contributed by atoms with Crippen LogP contribution in [0.15, 0.2) is 95.0 Å². The number of aromatic carboxylic acids is 2. The number of aryl methyl sites for hydroxylation is 4. The smallest absolute Gasteiger partial charge is 0.545 e. The van der Waals surface area contributed by atoms with Gasteiger partial charge in [-0.3, -0.25) is 9.98 Å². The number of carbonyl (C=O) groups is 2. The minimum absolute atomic E-state index is 0. The van der Waals surface area contributed by atoms with E-state index in [2.05, 4.69) is 101 Å². The van der Waals surface area contributed by atoms with Crippen LogP contribution in [0.25, 0.3) is 0 Å². The number of aromatic hydroxyl groups is 4. The summed E-state index contributed by atoms with van der Waals surface area (Å²) in [6.07, 6.45) is 78.3.